The minimum Gasteiger partial charge on any atom is -0.481 e. The predicted molar refractivity (Wildman–Crippen MR) is 51.7 cm³/mol. The van der Waals surface area contributed by atoms with Crippen LogP contribution in [0.3, 0.4) is 0 Å². The lowest BCUT2D eigenvalue weighted by Crippen LogP contribution is -2.54. The van der Waals surface area contributed by atoms with Crippen LogP contribution < -0.4 is 5.73 Å². The van der Waals surface area contributed by atoms with Crippen molar-refractivity contribution >= 4 is 24.1 Å². The van der Waals surface area contributed by atoms with Crippen molar-refractivity contribution in [2.24, 2.45) is 25.7 Å². The normalized spacial score (nSPS) is 28.9. The number of nitrogens with two attached hydrogens (primary N) is 1. The number of methoxy groups -OCH3 is 2. The fourth-order valence-electron chi connectivity index (χ4n) is 1.18. The van der Waals surface area contributed by atoms with Crippen molar-refractivity contribution in [2.45, 2.75) is 5.66 Å². The maximum absolute atomic E-state index is 5.89. The molecular weight excluding hydrogens is 186 g/mol. The molecule has 7 heteroatoms. The number of amidine groups is 2. The number of hydrogen-bond donors (Lipinski definition) is 1. The van der Waals surface area contributed by atoms with Gasteiger partial charge in [0.15, 0.2) is 5.84 Å². The van der Waals surface area contributed by atoms with E-state index in [-0.39, 0.29) is 11.9 Å². The van der Waals surface area contributed by atoms with Gasteiger partial charge in [0.2, 0.25) is 11.6 Å². The van der Waals surface area contributed by atoms with Crippen molar-refractivity contribution in [3.63, 3.8) is 0 Å². The van der Waals surface area contributed by atoms with Gasteiger partial charge in [-0.2, -0.15) is 9.98 Å². The Labute approximate surface area is 80.1 Å². The van der Waals surface area contributed by atoms with Crippen LogP contribution in [-0.4, -0.2) is 44.0 Å². The molecule has 14 heavy (non-hydrogen) atoms. The highest BCUT2D eigenvalue weighted by atomic mass is 16.5. The number of aliphatic imine (C=N–C) groups is 4. The van der Waals surface area contributed by atoms with Crippen LogP contribution in [0.4, 0.5) is 0 Å². The first-order valence-electron chi connectivity index (χ1n) is 3.87. The van der Waals surface area contributed by atoms with E-state index in [2.05, 4.69) is 20.0 Å². The average Bonchev–Trinajstić information content (AvgIpc) is 2.57. The lowest BCUT2D eigenvalue weighted by molar-refractivity contribution is 0.358. The van der Waals surface area contributed by atoms with Crippen molar-refractivity contribution < 1.29 is 9.47 Å². The van der Waals surface area contributed by atoms with E-state index < -0.39 is 5.66 Å². The molecular formula is C7H9N5O2. The van der Waals surface area contributed by atoms with Gasteiger partial charge in [0.05, 0.1) is 14.2 Å². The van der Waals surface area contributed by atoms with Crippen LogP contribution in [-0.2, 0) is 9.47 Å². The van der Waals surface area contributed by atoms with Crippen molar-refractivity contribution in [3.8, 4) is 0 Å². The Hall–Kier alpha value is -1.76. The highest BCUT2D eigenvalue weighted by Crippen LogP contribution is 2.19. The molecule has 1 unspecified atom stereocenters. The zero-order valence-corrected chi connectivity index (χ0v) is 7.76. The van der Waals surface area contributed by atoms with E-state index >= 15 is 0 Å². The highest BCUT2D eigenvalue weighted by molar-refractivity contribution is 6.23. The van der Waals surface area contributed by atoms with E-state index in [9.17, 15) is 0 Å². The quantitative estimate of drug-likeness (QED) is 0.545. The fourth-order valence-corrected chi connectivity index (χ4v) is 1.18. The van der Waals surface area contributed by atoms with Gasteiger partial charge in [-0.15, -0.1) is 0 Å². The number of rotatable bonds is 0. The fraction of sp³-hybridized carbons (Fsp3) is 0.429. The minimum absolute atomic E-state index is 0.159. The average molecular weight is 195 g/mol. The smallest absolute Gasteiger partial charge is 0.321 e. The Morgan fingerprint density at radius 1 is 1.29 bits per heavy atom. The molecule has 0 fully saturated rings. The summed E-state index contributed by atoms with van der Waals surface area (Å²) in [4.78, 5) is 15.7. The molecule has 0 aliphatic carbocycles. The molecule has 0 aromatic rings. The third-order valence-corrected chi connectivity index (χ3v) is 1.88. The second-order valence-electron chi connectivity index (χ2n) is 2.68. The maximum atomic E-state index is 5.89. The lowest BCUT2D eigenvalue weighted by atomic mass is 10.1. The first-order valence-corrected chi connectivity index (χ1v) is 3.87. The molecule has 0 aromatic heterocycles. The van der Waals surface area contributed by atoms with E-state index in [1.165, 1.54) is 20.6 Å². The number of hydrogen-bond acceptors (Lipinski definition) is 7. The molecule has 2 aliphatic rings. The molecule has 2 heterocycles. The topological polar surface area (TPSA) is 93.9 Å². The van der Waals surface area contributed by atoms with E-state index in [1.807, 2.05) is 0 Å². The summed E-state index contributed by atoms with van der Waals surface area (Å²) in [5.74, 6) is 0.540. The first-order chi connectivity index (χ1) is 6.70. The van der Waals surface area contributed by atoms with Crippen molar-refractivity contribution in [1.29, 1.82) is 0 Å². The summed E-state index contributed by atoms with van der Waals surface area (Å²) in [6.45, 7) is 0. The third-order valence-electron chi connectivity index (χ3n) is 1.88. The molecule has 0 spiro atoms. The zero-order chi connectivity index (χ0) is 10.2. The van der Waals surface area contributed by atoms with Gasteiger partial charge >= 0.3 is 6.02 Å². The Morgan fingerprint density at radius 3 is 2.71 bits per heavy atom. The zero-order valence-electron chi connectivity index (χ0n) is 7.76. The van der Waals surface area contributed by atoms with Crippen LogP contribution in [0.25, 0.3) is 0 Å². The van der Waals surface area contributed by atoms with Crippen LogP contribution in [0.1, 0.15) is 0 Å². The predicted octanol–water partition coefficient (Wildman–Crippen LogP) is -0.857. The molecule has 74 valence electrons. The van der Waals surface area contributed by atoms with Crippen LogP contribution in [0.2, 0.25) is 0 Å². The molecule has 0 radical (unpaired) electrons. The summed E-state index contributed by atoms with van der Waals surface area (Å²) < 4.78 is 9.88. The molecule has 1 atom stereocenters. The standard InChI is InChI=1S/C7H9N5O2/c1-13-5-7(8)4(9-3-10-7)11-6(12-5)14-2/h3H,8H2,1-2H3. The Morgan fingerprint density at radius 2 is 2.07 bits per heavy atom. The Kier molecular flexibility index (Phi) is 1.81. The van der Waals surface area contributed by atoms with Crippen LogP contribution >= 0.6 is 0 Å². The largest absolute Gasteiger partial charge is 0.481 e. The molecule has 2 rings (SSSR count). The second kappa shape index (κ2) is 2.88. The van der Waals surface area contributed by atoms with Crippen molar-refractivity contribution in [3.05, 3.63) is 0 Å². The van der Waals surface area contributed by atoms with Gasteiger partial charge in [0.25, 0.3) is 0 Å². The second-order valence-corrected chi connectivity index (χ2v) is 2.68. The number of nitrogens with zero attached hydrogens (tertiary/aromatic N) is 4. The molecule has 0 saturated carbocycles. The van der Waals surface area contributed by atoms with Crippen LogP contribution in [0.15, 0.2) is 20.0 Å². The van der Waals surface area contributed by atoms with E-state index in [0.29, 0.717) is 5.84 Å². The van der Waals surface area contributed by atoms with Crippen molar-refractivity contribution in [1.82, 2.24) is 0 Å². The third kappa shape index (κ3) is 1.02. The lowest BCUT2D eigenvalue weighted by Gasteiger charge is -2.24. The molecule has 2 aliphatic heterocycles. The van der Waals surface area contributed by atoms with Gasteiger partial charge in [0, 0.05) is 0 Å². The van der Waals surface area contributed by atoms with E-state index in [1.54, 1.807) is 0 Å². The molecule has 0 bridgehead atoms. The Balaban J connectivity index is 2.47. The minimum atomic E-state index is -1.18. The van der Waals surface area contributed by atoms with Gasteiger partial charge in [-0.3, -0.25) is 5.73 Å². The molecule has 2 N–H and O–H groups in total. The van der Waals surface area contributed by atoms with Gasteiger partial charge in [-0.05, 0) is 0 Å². The van der Waals surface area contributed by atoms with Gasteiger partial charge in [0.1, 0.15) is 6.34 Å². The number of fused-ring (bicyclic) bond motifs is 1. The van der Waals surface area contributed by atoms with Crippen LogP contribution in [0.5, 0.6) is 0 Å². The van der Waals surface area contributed by atoms with Crippen molar-refractivity contribution in [2.75, 3.05) is 14.2 Å². The summed E-state index contributed by atoms with van der Waals surface area (Å²) in [5.41, 5.74) is 4.71. The van der Waals surface area contributed by atoms with Crippen LogP contribution in [0, 0.1) is 0 Å². The van der Waals surface area contributed by atoms with E-state index in [0.717, 1.165) is 0 Å². The molecule has 0 amide bonds. The summed E-state index contributed by atoms with van der Waals surface area (Å²) in [5, 5.41) is 0. The summed E-state index contributed by atoms with van der Waals surface area (Å²) >= 11 is 0. The summed E-state index contributed by atoms with van der Waals surface area (Å²) in [6.07, 6.45) is 1.33. The van der Waals surface area contributed by atoms with E-state index in [4.69, 9.17) is 15.2 Å². The SMILES string of the molecule is COC1=NC2=NC=NC2(N)C(OC)=N1. The monoisotopic (exact) mass is 195 g/mol. The van der Waals surface area contributed by atoms with Gasteiger partial charge in [-0.1, -0.05) is 0 Å². The molecule has 0 saturated heterocycles. The number of ether oxygens (including phenoxy) is 2. The van der Waals surface area contributed by atoms with Gasteiger partial charge < -0.3 is 9.47 Å². The summed E-state index contributed by atoms with van der Waals surface area (Å²) in [6, 6.07) is 0.159. The first kappa shape index (κ1) is 8.82. The maximum Gasteiger partial charge on any atom is 0.321 e. The Bertz CT molecular complexity index is 384. The van der Waals surface area contributed by atoms with Gasteiger partial charge in [-0.25, -0.2) is 9.98 Å². The molecule has 0 aromatic carbocycles. The summed E-state index contributed by atoms with van der Waals surface area (Å²) in [7, 11) is 2.91. The highest BCUT2D eigenvalue weighted by Gasteiger charge is 2.44. The molecule has 7 nitrogen and oxygen atoms in total.